The Morgan fingerprint density at radius 3 is 2.75 bits per heavy atom. The van der Waals surface area contributed by atoms with Crippen LogP contribution in [0.15, 0.2) is 61.1 Å². The van der Waals surface area contributed by atoms with Crippen LogP contribution in [0.2, 0.25) is 0 Å². The molecule has 0 aliphatic carbocycles. The van der Waals surface area contributed by atoms with Gasteiger partial charge in [-0.15, -0.1) is 0 Å². The van der Waals surface area contributed by atoms with Crippen molar-refractivity contribution in [3.05, 3.63) is 77.9 Å². The van der Waals surface area contributed by atoms with Gasteiger partial charge in [0.05, 0.1) is 19.9 Å². The third-order valence-electron chi connectivity index (χ3n) is 4.60. The maximum atomic E-state index is 5.61. The number of fused-ring (bicyclic) bond motifs is 1. The Morgan fingerprint density at radius 2 is 1.96 bits per heavy atom. The van der Waals surface area contributed by atoms with Gasteiger partial charge in [0.25, 0.3) is 5.88 Å². The number of hydrogen-bond donors (Lipinski definition) is 1. The first-order valence-electron chi connectivity index (χ1n) is 9.07. The van der Waals surface area contributed by atoms with Crippen LogP contribution in [0, 0.1) is 13.8 Å². The van der Waals surface area contributed by atoms with E-state index in [4.69, 9.17) is 9.57 Å². The van der Waals surface area contributed by atoms with Gasteiger partial charge >= 0.3 is 0 Å². The molecule has 0 bridgehead atoms. The smallest absolute Gasteiger partial charge is 0.256 e. The van der Waals surface area contributed by atoms with Crippen LogP contribution in [0.5, 0.6) is 11.6 Å². The molecule has 0 fully saturated rings. The summed E-state index contributed by atoms with van der Waals surface area (Å²) in [6, 6.07) is 14.3. The van der Waals surface area contributed by atoms with E-state index >= 15 is 0 Å². The zero-order valence-electron chi connectivity index (χ0n) is 16.1. The molecule has 0 saturated heterocycles. The molecule has 6 heteroatoms. The highest BCUT2D eigenvalue weighted by Gasteiger charge is 2.06. The molecule has 6 nitrogen and oxygen atoms in total. The molecule has 142 valence electrons. The average molecular weight is 374 g/mol. The minimum Gasteiger partial charge on any atom is -0.497 e. The van der Waals surface area contributed by atoms with Crippen LogP contribution in [0.3, 0.4) is 0 Å². The summed E-state index contributed by atoms with van der Waals surface area (Å²) in [4.78, 5) is 14.3. The molecule has 0 spiro atoms. The van der Waals surface area contributed by atoms with Crippen LogP contribution in [0.4, 0.5) is 0 Å². The second-order valence-corrected chi connectivity index (χ2v) is 6.67. The molecular formula is C22H22N4O2. The molecule has 28 heavy (non-hydrogen) atoms. The number of nitrogens with zero attached hydrogens (tertiary/aromatic N) is 3. The number of benzene rings is 1. The van der Waals surface area contributed by atoms with Crippen LogP contribution < -0.4 is 15.1 Å². The fourth-order valence-corrected chi connectivity index (χ4v) is 3.18. The standard InChI is InChI=1S/C22H22N4O2/c1-15-10-17(4-5-20(15)18-6-8-23-16(2)11-18)13-24-28-22-14-26-9-7-19(27-3)12-21(26)25-22/h4-12,14,24H,13H2,1-3H3. The summed E-state index contributed by atoms with van der Waals surface area (Å²) in [7, 11) is 1.64. The molecule has 0 atom stereocenters. The highest BCUT2D eigenvalue weighted by molar-refractivity contribution is 5.67. The third kappa shape index (κ3) is 3.82. The molecule has 1 N–H and O–H groups in total. The molecule has 4 aromatic rings. The number of nitrogens with one attached hydrogen (secondary N) is 1. The Balaban J connectivity index is 1.42. The van der Waals surface area contributed by atoms with Gasteiger partial charge in [0.1, 0.15) is 11.4 Å². The van der Waals surface area contributed by atoms with Gasteiger partial charge in [-0.3, -0.25) is 4.98 Å². The van der Waals surface area contributed by atoms with Crippen molar-refractivity contribution in [2.24, 2.45) is 0 Å². The quantitative estimate of drug-likeness (QED) is 0.515. The van der Waals surface area contributed by atoms with E-state index in [2.05, 4.69) is 46.6 Å². The first-order valence-corrected chi connectivity index (χ1v) is 9.07. The molecule has 0 amide bonds. The second-order valence-electron chi connectivity index (χ2n) is 6.67. The third-order valence-corrected chi connectivity index (χ3v) is 4.60. The molecule has 0 aliphatic heterocycles. The topological polar surface area (TPSA) is 60.7 Å². The maximum absolute atomic E-state index is 5.61. The van der Waals surface area contributed by atoms with Crippen LogP contribution in [0.1, 0.15) is 16.8 Å². The van der Waals surface area contributed by atoms with E-state index in [0.717, 1.165) is 22.7 Å². The number of rotatable bonds is 6. The van der Waals surface area contributed by atoms with Gasteiger partial charge in [-0.2, -0.15) is 10.5 Å². The minimum absolute atomic E-state index is 0.508. The molecule has 3 heterocycles. The van der Waals surface area contributed by atoms with Crippen LogP contribution in [-0.4, -0.2) is 21.5 Å². The number of pyridine rings is 2. The Morgan fingerprint density at radius 1 is 1.07 bits per heavy atom. The summed E-state index contributed by atoms with van der Waals surface area (Å²) in [5.74, 6) is 1.27. The number of imidazole rings is 1. The fraction of sp³-hybridized carbons (Fsp3) is 0.182. The van der Waals surface area contributed by atoms with Crippen LogP contribution >= 0.6 is 0 Å². The predicted octanol–water partition coefficient (Wildman–Crippen LogP) is 4.11. The maximum Gasteiger partial charge on any atom is 0.256 e. The first kappa shape index (κ1) is 18.0. The lowest BCUT2D eigenvalue weighted by Crippen LogP contribution is -2.18. The predicted molar refractivity (Wildman–Crippen MR) is 108 cm³/mol. The number of methoxy groups -OCH3 is 1. The Hall–Kier alpha value is -3.38. The zero-order chi connectivity index (χ0) is 19.5. The van der Waals surface area contributed by atoms with Crippen molar-refractivity contribution in [3.63, 3.8) is 0 Å². The zero-order valence-corrected chi connectivity index (χ0v) is 16.1. The highest BCUT2D eigenvalue weighted by Crippen LogP contribution is 2.24. The molecule has 0 aliphatic rings. The summed E-state index contributed by atoms with van der Waals surface area (Å²) in [6.45, 7) is 4.70. The van der Waals surface area contributed by atoms with Crippen molar-refractivity contribution in [2.75, 3.05) is 7.11 Å². The summed E-state index contributed by atoms with van der Waals surface area (Å²) < 4.78 is 7.10. The summed E-state index contributed by atoms with van der Waals surface area (Å²) in [6.07, 6.45) is 5.55. The van der Waals surface area contributed by atoms with Gasteiger partial charge in [-0.25, -0.2) is 0 Å². The van der Waals surface area contributed by atoms with Crippen molar-refractivity contribution < 1.29 is 9.57 Å². The lowest BCUT2D eigenvalue weighted by atomic mass is 9.99. The van der Waals surface area contributed by atoms with E-state index in [1.807, 2.05) is 48.1 Å². The van der Waals surface area contributed by atoms with Gasteiger partial charge in [-0.1, -0.05) is 18.2 Å². The Bertz CT molecular complexity index is 1120. The second kappa shape index (κ2) is 7.70. The number of ether oxygens (including phenoxy) is 1. The van der Waals surface area contributed by atoms with E-state index < -0.39 is 0 Å². The monoisotopic (exact) mass is 374 g/mol. The molecule has 0 unspecified atom stereocenters. The molecule has 3 aromatic heterocycles. The van der Waals surface area contributed by atoms with E-state index in [1.165, 1.54) is 16.7 Å². The van der Waals surface area contributed by atoms with Crippen LogP contribution in [0.25, 0.3) is 16.8 Å². The fourth-order valence-electron chi connectivity index (χ4n) is 3.18. The van der Waals surface area contributed by atoms with Gasteiger partial charge in [-0.05, 0) is 54.3 Å². The van der Waals surface area contributed by atoms with Crippen LogP contribution in [-0.2, 0) is 6.54 Å². The summed E-state index contributed by atoms with van der Waals surface area (Å²) in [5, 5.41) is 0. The lowest BCUT2D eigenvalue weighted by Gasteiger charge is -2.10. The van der Waals surface area contributed by atoms with Crippen molar-refractivity contribution in [1.82, 2.24) is 19.8 Å². The van der Waals surface area contributed by atoms with E-state index in [0.29, 0.717) is 12.4 Å². The van der Waals surface area contributed by atoms with E-state index in [-0.39, 0.29) is 0 Å². The average Bonchev–Trinajstić information content (AvgIpc) is 3.10. The first-order chi connectivity index (χ1) is 13.6. The summed E-state index contributed by atoms with van der Waals surface area (Å²) in [5.41, 5.74) is 9.51. The molecular weight excluding hydrogens is 352 g/mol. The number of hydroxylamine groups is 1. The lowest BCUT2D eigenvalue weighted by molar-refractivity contribution is 0.183. The SMILES string of the molecule is COc1ccn2cc(ONCc3ccc(-c4ccnc(C)c4)c(C)c3)nc2c1. The minimum atomic E-state index is 0.508. The Kier molecular flexibility index (Phi) is 4.95. The van der Waals surface area contributed by atoms with Crippen molar-refractivity contribution in [3.8, 4) is 22.8 Å². The van der Waals surface area contributed by atoms with Gasteiger partial charge in [0.15, 0.2) is 0 Å². The number of aryl methyl sites for hydroxylation is 2. The number of hydrogen-bond acceptors (Lipinski definition) is 5. The largest absolute Gasteiger partial charge is 0.497 e. The van der Waals surface area contributed by atoms with Crippen molar-refractivity contribution in [1.29, 1.82) is 0 Å². The number of aromatic nitrogens is 3. The normalized spacial score (nSPS) is 11.0. The molecule has 0 saturated carbocycles. The molecule has 0 radical (unpaired) electrons. The van der Waals surface area contributed by atoms with Gasteiger partial charge in [0, 0.05) is 24.2 Å². The molecule has 4 rings (SSSR count). The van der Waals surface area contributed by atoms with Gasteiger partial charge in [0.2, 0.25) is 0 Å². The Labute approximate surface area is 163 Å². The van der Waals surface area contributed by atoms with Crippen molar-refractivity contribution in [2.45, 2.75) is 20.4 Å². The van der Waals surface area contributed by atoms with E-state index in [1.54, 1.807) is 7.11 Å². The van der Waals surface area contributed by atoms with E-state index in [9.17, 15) is 0 Å². The highest BCUT2D eigenvalue weighted by atomic mass is 16.7. The summed E-state index contributed by atoms with van der Waals surface area (Å²) >= 11 is 0. The van der Waals surface area contributed by atoms with Crippen molar-refractivity contribution >= 4 is 5.65 Å². The van der Waals surface area contributed by atoms with Gasteiger partial charge < -0.3 is 14.0 Å². The molecule has 1 aromatic carbocycles.